The molecule has 0 aliphatic heterocycles. The second-order valence-electron chi connectivity index (χ2n) is 6.00. The molecule has 1 atom stereocenters. The van der Waals surface area contributed by atoms with Crippen molar-refractivity contribution in [2.75, 3.05) is 13.7 Å². The number of amides is 1. The Morgan fingerprint density at radius 2 is 2.12 bits per heavy atom. The van der Waals surface area contributed by atoms with Crippen LogP contribution >= 0.6 is 0 Å². The topological polar surface area (TPSA) is 82.2 Å². The van der Waals surface area contributed by atoms with Gasteiger partial charge in [-0.05, 0) is 32.9 Å². The first-order valence-corrected chi connectivity index (χ1v) is 8.20. The fourth-order valence-corrected chi connectivity index (χ4v) is 2.98. The molecule has 0 bridgehead atoms. The van der Waals surface area contributed by atoms with Crippen molar-refractivity contribution in [3.8, 4) is 0 Å². The fourth-order valence-electron chi connectivity index (χ4n) is 2.98. The molecule has 0 spiro atoms. The summed E-state index contributed by atoms with van der Waals surface area (Å²) < 4.78 is 12.4. The number of benzene rings is 1. The number of nitrogens with one attached hydrogen (secondary N) is 1. The van der Waals surface area contributed by atoms with Crippen LogP contribution in [0, 0.1) is 13.8 Å². The molecule has 1 aromatic carbocycles. The molecule has 3 aromatic rings. The number of para-hydroxylation sites is 2. The highest BCUT2D eigenvalue weighted by atomic mass is 16.5. The van der Waals surface area contributed by atoms with Crippen LogP contribution in [0.2, 0.25) is 0 Å². The second kappa shape index (κ2) is 7.06. The van der Waals surface area contributed by atoms with E-state index in [0.29, 0.717) is 30.2 Å². The van der Waals surface area contributed by atoms with Crippen LogP contribution in [-0.2, 0) is 11.3 Å². The minimum atomic E-state index is -0.273. The highest BCUT2D eigenvalue weighted by Crippen LogP contribution is 2.22. The van der Waals surface area contributed by atoms with Crippen LogP contribution in [0.1, 0.15) is 40.6 Å². The van der Waals surface area contributed by atoms with E-state index in [1.165, 1.54) is 0 Å². The number of carbonyl (C=O) groups is 1. The molecule has 132 valence electrons. The summed E-state index contributed by atoms with van der Waals surface area (Å²) in [7, 11) is 1.67. The molecule has 2 heterocycles. The number of hydrogen-bond acceptors (Lipinski definition) is 5. The number of carbonyl (C=O) groups excluding carboxylic acids is 1. The van der Waals surface area contributed by atoms with E-state index < -0.39 is 0 Å². The molecule has 3 rings (SSSR count). The number of fused-ring (bicyclic) bond motifs is 1. The van der Waals surface area contributed by atoms with Crippen molar-refractivity contribution >= 4 is 16.9 Å². The lowest BCUT2D eigenvalue weighted by Gasteiger charge is -2.16. The first-order chi connectivity index (χ1) is 12.0. The average Bonchev–Trinajstić information content (AvgIpc) is 3.13. The monoisotopic (exact) mass is 342 g/mol. The SMILES string of the molecule is COCCn1c(C(C)NC(=O)c2c(C)noc2C)nc2ccccc21. The normalized spacial score (nSPS) is 12.5. The Morgan fingerprint density at radius 3 is 2.80 bits per heavy atom. The predicted octanol–water partition coefficient (Wildman–Crippen LogP) is 2.78. The maximum atomic E-state index is 12.6. The lowest BCUT2D eigenvalue weighted by Crippen LogP contribution is -2.29. The number of rotatable bonds is 6. The third kappa shape index (κ3) is 3.28. The number of imidazole rings is 1. The zero-order valence-corrected chi connectivity index (χ0v) is 14.9. The third-order valence-corrected chi connectivity index (χ3v) is 4.20. The van der Waals surface area contributed by atoms with Crippen LogP contribution in [0.4, 0.5) is 0 Å². The molecule has 25 heavy (non-hydrogen) atoms. The summed E-state index contributed by atoms with van der Waals surface area (Å²) in [5.74, 6) is 1.09. The standard InChI is InChI=1S/C18H22N4O3/c1-11-16(13(3)25-21-11)18(23)19-12(2)17-20-14-7-5-6-8-15(14)22(17)9-10-24-4/h5-8,12H,9-10H2,1-4H3,(H,19,23). The number of hydrogen-bond donors (Lipinski definition) is 1. The smallest absolute Gasteiger partial charge is 0.257 e. The minimum Gasteiger partial charge on any atom is -0.383 e. The van der Waals surface area contributed by atoms with Gasteiger partial charge in [-0.2, -0.15) is 0 Å². The van der Waals surface area contributed by atoms with Crippen LogP contribution in [0.15, 0.2) is 28.8 Å². The van der Waals surface area contributed by atoms with Crippen LogP contribution < -0.4 is 5.32 Å². The summed E-state index contributed by atoms with van der Waals surface area (Å²) in [4.78, 5) is 17.3. The van der Waals surface area contributed by atoms with Gasteiger partial charge in [-0.25, -0.2) is 4.98 Å². The van der Waals surface area contributed by atoms with E-state index in [1.54, 1.807) is 21.0 Å². The van der Waals surface area contributed by atoms with Crippen molar-refractivity contribution in [1.82, 2.24) is 20.0 Å². The van der Waals surface area contributed by atoms with Crippen LogP contribution in [0.3, 0.4) is 0 Å². The molecule has 0 saturated carbocycles. The summed E-state index contributed by atoms with van der Waals surface area (Å²) >= 11 is 0. The van der Waals surface area contributed by atoms with Crippen molar-refractivity contribution in [3.63, 3.8) is 0 Å². The van der Waals surface area contributed by atoms with Crippen molar-refractivity contribution in [2.45, 2.75) is 33.4 Å². The maximum Gasteiger partial charge on any atom is 0.257 e. The van der Waals surface area contributed by atoms with Gasteiger partial charge in [0.05, 0.1) is 29.4 Å². The summed E-state index contributed by atoms with van der Waals surface area (Å²) in [5, 5.41) is 6.83. The lowest BCUT2D eigenvalue weighted by molar-refractivity contribution is 0.0935. The fraction of sp³-hybridized carbons (Fsp3) is 0.389. The number of methoxy groups -OCH3 is 1. The highest BCUT2D eigenvalue weighted by molar-refractivity contribution is 5.96. The Kier molecular flexibility index (Phi) is 4.85. The number of ether oxygens (including phenoxy) is 1. The predicted molar refractivity (Wildman–Crippen MR) is 93.5 cm³/mol. The molecule has 1 unspecified atom stereocenters. The van der Waals surface area contributed by atoms with Gasteiger partial charge in [0.15, 0.2) is 0 Å². The second-order valence-corrected chi connectivity index (χ2v) is 6.00. The van der Waals surface area contributed by atoms with Crippen LogP contribution in [-0.4, -0.2) is 34.3 Å². The molecule has 2 aromatic heterocycles. The summed E-state index contributed by atoms with van der Waals surface area (Å²) in [6.45, 7) is 6.63. The van der Waals surface area contributed by atoms with Gasteiger partial charge in [-0.3, -0.25) is 4.79 Å². The van der Waals surface area contributed by atoms with E-state index in [9.17, 15) is 4.79 Å². The van der Waals surface area contributed by atoms with Gasteiger partial charge in [-0.1, -0.05) is 17.3 Å². The largest absolute Gasteiger partial charge is 0.383 e. The Hall–Kier alpha value is -2.67. The number of aromatic nitrogens is 3. The first-order valence-electron chi connectivity index (χ1n) is 8.20. The maximum absolute atomic E-state index is 12.6. The Bertz CT molecular complexity index is 877. The summed E-state index contributed by atoms with van der Waals surface area (Å²) in [6.07, 6.45) is 0. The highest BCUT2D eigenvalue weighted by Gasteiger charge is 2.22. The molecule has 1 N–H and O–H groups in total. The first kappa shape index (κ1) is 17.2. The third-order valence-electron chi connectivity index (χ3n) is 4.20. The van der Waals surface area contributed by atoms with Crippen molar-refractivity contribution in [3.05, 3.63) is 47.1 Å². The van der Waals surface area contributed by atoms with E-state index in [0.717, 1.165) is 16.9 Å². The van der Waals surface area contributed by atoms with Crippen LogP contribution in [0.5, 0.6) is 0 Å². The van der Waals surface area contributed by atoms with Gasteiger partial charge in [0.1, 0.15) is 17.1 Å². The molecule has 7 heteroatoms. The summed E-state index contributed by atoms with van der Waals surface area (Å²) in [5.41, 5.74) is 2.97. The van der Waals surface area contributed by atoms with E-state index in [2.05, 4.69) is 15.0 Å². The average molecular weight is 342 g/mol. The van der Waals surface area contributed by atoms with Gasteiger partial charge in [0.25, 0.3) is 5.91 Å². The van der Waals surface area contributed by atoms with Gasteiger partial charge < -0.3 is 19.1 Å². The molecule has 0 radical (unpaired) electrons. The zero-order valence-electron chi connectivity index (χ0n) is 14.9. The van der Waals surface area contributed by atoms with E-state index >= 15 is 0 Å². The van der Waals surface area contributed by atoms with E-state index in [1.807, 2.05) is 31.2 Å². The molecular weight excluding hydrogens is 320 g/mol. The van der Waals surface area contributed by atoms with Crippen molar-refractivity contribution in [1.29, 1.82) is 0 Å². The lowest BCUT2D eigenvalue weighted by atomic mass is 10.2. The zero-order chi connectivity index (χ0) is 18.0. The quantitative estimate of drug-likeness (QED) is 0.745. The minimum absolute atomic E-state index is 0.214. The molecule has 0 fully saturated rings. The van der Waals surface area contributed by atoms with E-state index in [-0.39, 0.29) is 11.9 Å². The number of nitrogens with zero attached hydrogens (tertiary/aromatic N) is 3. The molecular formula is C18H22N4O3. The molecule has 0 saturated heterocycles. The number of aryl methyl sites for hydroxylation is 2. The van der Waals surface area contributed by atoms with Gasteiger partial charge in [0.2, 0.25) is 0 Å². The van der Waals surface area contributed by atoms with Crippen molar-refractivity contribution < 1.29 is 14.1 Å². The summed E-state index contributed by atoms with van der Waals surface area (Å²) in [6, 6.07) is 7.64. The Morgan fingerprint density at radius 1 is 1.36 bits per heavy atom. The molecule has 7 nitrogen and oxygen atoms in total. The van der Waals surface area contributed by atoms with Gasteiger partial charge in [-0.15, -0.1) is 0 Å². The van der Waals surface area contributed by atoms with Gasteiger partial charge >= 0.3 is 0 Å². The molecule has 0 aliphatic carbocycles. The molecule has 1 amide bonds. The molecule has 0 aliphatic rings. The Balaban J connectivity index is 1.91. The van der Waals surface area contributed by atoms with Gasteiger partial charge in [0, 0.05) is 13.7 Å². The van der Waals surface area contributed by atoms with E-state index in [4.69, 9.17) is 14.2 Å². The van der Waals surface area contributed by atoms with Crippen molar-refractivity contribution in [2.24, 2.45) is 0 Å². The Labute approximate surface area is 146 Å². The van der Waals surface area contributed by atoms with Crippen LogP contribution in [0.25, 0.3) is 11.0 Å².